The molecule has 0 spiro atoms. The van der Waals surface area contributed by atoms with E-state index in [2.05, 4.69) is 25.6 Å². The van der Waals surface area contributed by atoms with Gasteiger partial charge in [-0.1, -0.05) is 57.2 Å². The van der Waals surface area contributed by atoms with Crippen LogP contribution < -0.4 is 24.8 Å². The van der Waals surface area contributed by atoms with Gasteiger partial charge in [0.1, 0.15) is 16.5 Å². The maximum atomic E-state index is 13.4. The van der Waals surface area contributed by atoms with Gasteiger partial charge in [0, 0.05) is 28.3 Å². The zero-order chi connectivity index (χ0) is 33.9. The fourth-order valence-corrected chi connectivity index (χ4v) is 6.41. The molecule has 1 aromatic heterocycles. The van der Waals surface area contributed by atoms with Crippen LogP contribution in [-0.4, -0.2) is 51.8 Å². The summed E-state index contributed by atoms with van der Waals surface area (Å²) in [6, 6.07) is 22.1. The van der Waals surface area contributed by atoms with Gasteiger partial charge in [0.15, 0.2) is 5.75 Å². The van der Waals surface area contributed by atoms with Crippen molar-refractivity contribution in [3.63, 3.8) is 0 Å². The Balaban J connectivity index is 1.40. The topological polar surface area (TPSA) is 122 Å². The van der Waals surface area contributed by atoms with E-state index in [1.54, 1.807) is 29.5 Å². The predicted molar refractivity (Wildman–Crippen MR) is 192 cm³/mol. The third-order valence-corrected chi connectivity index (χ3v) is 8.70. The Labute approximate surface area is 279 Å². The lowest BCUT2D eigenvalue weighted by Gasteiger charge is -2.24. The molecule has 4 aromatic carbocycles. The van der Waals surface area contributed by atoms with Gasteiger partial charge in [-0.15, -0.1) is 11.3 Å². The van der Waals surface area contributed by atoms with Crippen LogP contribution in [0.25, 0.3) is 21.3 Å². The molecule has 0 bridgehead atoms. The van der Waals surface area contributed by atoms with Crippen molar-refractivity contribution in [2.75, 3.05) is 42.8 Å². The first kappa shape index (κ1) is 33.7. The quantitative estimate of drug-likeness (QED) is 0.137. The van der Waals surface area contributed by atoms with E-state index in [1.165, 1.54) is 7.11 Å². The van der Waals surface area contributed by atoms with Crippen molar-refractivity contribution in [2.24, 2.45) is 0 Å². The third-order valence-electron chi connectivity index (χ3n) is 7.17. The summed E-state index contributed by atoms with van der Waals surface area (Å²) in [7, 11) is 1.85. The number of ether oxygens (including phenoxy) is 2. The van der Waals surface area contributed by atoms with Gasteiger partial charge in [0.2, 0.25) is 10.0 Å². The van der Waals surface area contributed by atoms with Crippen LogP contribution in [0.5, 0.6) is 17.2 Å². The number of amides is 2. The molecule has 0 aliphatic heterocycles. The summed E-state index contributed by atoms with van der Waals surface area (Å²) in [6.45, 7) is 6.76. The van der Waals surface area contributed by atoms with E-state index in [1.807, 2.05) is 89.5 Å². The van der Waals surface area contributed by atoms with E-state index in [-0.39, 0.29) is 16.9 Å². The molecule has 0 radical (unpaired) electrons. The second-order valence-corrected chi connectivity index (χ2v) is 15.1. The lowest BCUT2D eigenvalue weighted by atomic mass is 9.86. The molecular formula is C35H39N5O5S2. The molecule has 3 N–H and O–H groups in total. The van der Waals surface area contributed by atoms with E-state index in [0.717, 1.165) is 45.4 Å². The van der Waals surface area contributed by atoms with Crippen molar-refractivity contribution in [3.8, 4) is 27.8 Å². The lowest BCUT2D eigenvalue weighted by molar-refractivity contribution is 0.262. The van der Waals surface area contributed by atoms with Crippen LogP contribution in [0, 0.1) is 0 Å². The number of aromatic nitrogens is 1. The molecule has 0 fully saturated rings. The number of benzene rings is 4. The number of carbonyl (C=O) groups excluding carboxylic acids is 1. The molecule has 0 aliphatic carbocycles. The molecule has 10 nitrogen and oxygen atoms in total. The van der Waals surface area contributed by atoms with Crippen LogP contribution in [0.1, 0.15) is 32.0 Å². The molecule has 5 rings (SSSR count). The van der Waals surface area contributed by atoms with E-state index in [9.17, 15) is 13.2 Å². The van der Waals surface area contributed by atoms with Crippen LogP contribution >= 0.6 is 11.3 Å². The van der Waals surface area contributed by atoms with Crippen molar-refractivity contribution in [3.05, 3.63) is 89.4 Å². The fourth-order valence-electron chi connectivity index (χ4n) is 5.05. The first-order valence-electron chi connectivity index (χ1n) is 14.9. The molecular weight excluding hydrogens is 635 g/mol. The molecule has 5 aromatic rings. The van der Waals surface area contributed by atoms with Crippen molar-refractivity contribution < 1.29 is 22.7 Å². The molecule has 47 heavy (non-hydrogen) atoms. The molecule has 2 amide bonds. The number of nitrogens with zero attached hydrogens (tertiary/aromatic N) is 2. The van der Waals surface area contributed by atoms with Crippen LogP contribution in [0.2, 0.25) is 0 Å². The molecule has 12 heteroatoms. The van der Waals surface area contributed by atoms with E-state index in [4.69, 9.17) is 14.5 Å². The summed E-state index contributed by atoms with van der Waals surface area (Å²) >= 11 is 1.60. The SMILES string of the molecule is COc1c(NC(=O)Nc2ccc(Oc3cccc(-c4nc(CN(C)C)cs4)c3)c3ccccc23)cc(C(C)(C)C)cc1NS(C)(=O)=O. The Morgan fingerprint density at radius 1 is 0.915 bits per heavy atom. The number of rotatable bonds is 10. The number of urea groups is 1. The van der Waals surface area contributed by atoms with Crippen molar-refractivity contribution >= 4 is 55.2 Å². The first-order valence-corrected chi connectivity index (χ1v) is 17.6. The van der Waals surface area contributed by atoms with Crippen molar-refractivity contribution in [1.29, 1.82) is 0 Å². The summed E-state index contributed by atoms with van der Waals surface area (Å²) in [6.07, 6.45) is 1.06. The number of fused-ring (bicyclic) bond motifs is 1. The zero-order valence-corrected chi connectivity index (χ0v) is 29.1. The number of methoxy groups -OCH3 is 1. The lowest BCUT2D eigenvalue weighted by Crippen LogP contribution is -2.22. The van der Waals surface area contributed by atoms with Gasteiger partial charge < -0.3 is 25.0 Å². The molecule has 0 saturated heterocycles. The Hall–Kier alpha value is -4.65. The minimum atomic E-state index is -3.61. The Kier molecular flexibility index (Phi) is 9.76. The highest BCUT2D eigenvalue weighted by Gasteiger charge is 2.22. The van der Waals surface area contributed by atoms with Crippen LogP contribution in [0.4, 0.5) is 21.9 Å². The number of hydrogen-bond acceptors (Lipinski definition) is 8. The van der Waals surface area contributed by atoms with Gasteiger partial charge in [-0.05, 0) is 61.5 Å². The highest BCUT2D eigenvalue weighted by molar-refractivity contribution is 7.92. The molecule has 0 unspecified atom stereocenters. The van der Waals surface area contributed by atoms with E-state index >= 15 is 0 Å². The molecule has 0 saturated carbocycles. The smallest absolute Gasteiger partial charge is 0.323 e. The second-order valence-electron chi connectivity index (χ2n) is 12.5. The minimum absolute atomic E-state index is 0.195. The minimum Gasteiger partial charge on any atom is -0.492 e. The monoisotopic (exact) mass is 673 g/mol. The van der Waals surface area contributed by atoms with E-state index in [0.29, 0.717) is 22.9 Å². The van der Waals surface area contributed by atoms with Crippen molar-refractivity contribution in [1.82, 2.24) is 9.88 Å². The van der Waals surface area contributed by atoms with Gasteiger partial charge in [-0.25, -0.2) is 18.2 Å². The van der Waals surface area contributed by atoms with Crippen LogP contribution in [0.15, 0.2) is 78.2 Å². The molecule has 246 valence electrons. The summed E-state index contributed by atoms with van der Waals surface area (Å²) in [5.41, 5.74) is 3.58. The largest absolute Gasteiger partial charge is 0.492 e. The average Bonchev–Trinajstić information content (AvgIpc) is 3.45. The summed E-state index contributed by atoms with van der Waals surface area (Å²) in [4.78, 5) is 20.3. The summed E-state index contributed by atoms with van der Waals surface area (Å²) in [5.74, 6) is 1.49. The first-order chi connectivity index (χ1) is 22.2. The molecule has 0 atom stereocenters. The number of hydrogen-bond donors (Lipinski definition) is 3. The Morgan fingerprint density at radius 3 is 2.30 bits per heavy atom. The van der Waals surface area contributed by atoms with Gasteiger partial charge in [-0.2, -0.15) is 0 Å². The van der Waals surface area contributed by atoms with E-state index < -0.39 is 16.1 Å². The Bertz CT molecular complexity index is 2030. The summed E-state index contributed by atoms with van der Waals surface area (Å²) < 4.78 is 38.6. The maximum Gasteiger partial charge on any atom is 0.323 e. The van der Waals surface area contributed by atoms with Gasteiger partial charge in [-0.3, -0.25) is 4.72 Å². The third kappa shape index (κ3) is 8.39. The second kappa shape index (κ2) is 13.6. The highest BCUT2D eigenvalue weighted by atomic mass is 32.2. The summed E-state index contributed by atoms with van der Waals surface area (Å²) in [5, 5.41) is 10.4. The molecule has 1 heterocycles. The standard InChI is InChI=1S/C35H39N5O5S2/c1-35(2,3)23-18-29(32(44-6)30(19-23)39-47(7,42)43)38-34(41)37-28-15-16-31(27-14-9-8-13-26(27)28)45-25-12-10-11-22(17-25)33-36-24(21-46-33)20-40(4)5/h8-19,21,39H,20H2,1-7H3,(H2,37,38,41). The van der Waals surface area contributed by atoms with Crippen LogP contribution in [0.3, 0.4) is 0 Å². The van der Waals surface area contributed by atoms with Gasteiger partial charge >= 0.3 is 6.03 Å². The Morgan fingerprint density at radius 2 is 1.62 bits per heavy atom. The molecule has 0 aliphatic rings. The number of sulfonamides is 1. The normalized spacial score (nSPS) is 11.8. The van der Waals surface area contributed by atoms with Gasteiger partial charge in [0.05, 0.1) is 36.1 Å². The number of thiazole rings is 1. The maximum absolute atomic E-state index is 13.4. The predicted octanol–water partition coefficient (Wildman–Crippen LogP) is 8.14. The number of anilines is 3. The zero-order valence-electron chi connectivity index (χ0n) is 27.5. The number of nitrogens with one attached hydrogen (secondary N) is 3. The highest BCUT2D eigenvalue weighted by Crippen LogP contribution is 2.40. The number of carbonyl (C=O) groups is 1. The average molecular weight is 674 g/mol. The van der Waals surface area contributed by atoms with Crippen LogP contribution in [-0.2, 0) is 22.0 Å². The fraction of sp³-hybridized carbons (Fsp3) is 0.257. The van der Waals surface area contributed by atoms with Crippen molar-refractivity contribution in [2.45, 2.75) is 32.7 Å². The van der Waals surface area contributed by atoms with Gasteiger partial charge in [0.25, 0.3) is 0 Å².